The van der Waals surface area contributed by atoms with Crippen molar-refractivity contribution >= 4 is 21.4 Å². The Hall–Kier alpha value is -2.02. The van der Waals surface area contributed by atoms with E-state index < -0.39 is 10.0 Å². The fraction of sp³-hybridized carbons (Fsp3) is 0.308. The average molecular weight is 294 g/mol. The van der Waals surface area contributed by atoms with Crippen LogP contribution in [0.25, 0.3) is 0 Å². The Morgan fingerprint density at radius 2 is 1.90 bits per heavy atom. The van der Waals surface area contributed by atoms with Crippen LogP contribution in [0.5, 0.6) is 0 Å². The zero-order valence-corrected chi connectivity index (χ0v) is 12.3. The lowest BCUT2D eigenvalue weighted by Gasteiger charge is -2.21. The molecule has 2 rings (SSSR count). The molecule has 0 spiro atoms. The summed E-state index contributed by atoms with van der Waals surface area (Å²) in [6, 6.07) is 6.73. The molecule has 1 heterocycles. The number of aryl methyl sites for hydroxylation is 1. The van der Waals surface area contributed by atoms with Gasteiger partial charge in [-0.1, -0.05) is 6.92 Å². The number of anilines is 2. The van der Waals surface area contributed by atoms with E-state index in [2.05, 4.69) is 9.97 Å². The molecule has 20 heavy (non-hydrogen) atoms. The molecule has 0 saturated heterocycles. The first-order valence-corrected chi connectivity index (χ1v) is 7.85. The number of aromatic amines is 1. The SMILES string of the molecule is CCc1ncc(S(=O)(=O)N(CC)c2ccc(N)cc2)[nH]1. The van der Waals surface area contributed by atoms with E-state index >= 15 is 0 Å². The number of hydrogen-bond acceptors (Lipinski definition) is 4. The van der Waals surface area contributed by atoms with Crippen molar-refractivity contribution in [1.29, 1.82) is 0 Å². The molecule has 2 aromatic rings. The first-order chi connectivity index (χ1) is 9.48. The molecular formula is C13H18N4O2S. The molecule has 0 saturated carbocycles. The minimum Gasteiger partial charge on any atom is -0.399 e. The summed E-state index contributed by atoms with van der Waals surface area (Å²) < 4.78 is 26.5. The van der Waals surface area contributed by atoms with Crippen molar-refractivity contribution < 1.29 is 8.42 Å². The van der Waals surface area contributed by atoms with Crippen molar-refractivity contribution in [1.82, 2.24) is 9.97 Å². The summed E-state index contributed by atoms with van der Waals surface area (Å²) in [5.41, 5.74) is 6.80. The van der Waals surface area contributed by atoms with Gasteiger partial charge in [0.05, 0.1) is 11.9 Å². The fourth-order valence-electron chi connectivity index (χ4n) is 1.90. The van der Waals surface area contributed by atoms with Gasteiger partial charge in [0.2, 0.25) is 0 Å². The third-order valence-corrected chi connectivity index (χ3v) is 4.79. The van der Waals surface area contributed by atoms with Gasteiger partial charge in [0.1, 0.15) is 5.82 Å². The predicted octanol–water partition coefficient (Wildman–Crippen LogP) is 1.77. The molecule has 0 radical (unpaired) electrons. The second-order valence-electron chi connectivity index (χ2n) is 4.31. The van der Waals surface area contributed by atoms with Gasteiger partial charge in [0.25, 0.3) is 10.0 Å². The van der Waals surface area contributed by atoms with Gasteiger partial charge in [-0.2, -0.15) is 8.42 Å². The number of benzene rings is 1. The van der Waals surface area contributed by atoms with Crippen molar-refractivity contribution in [2.45, 2.75) is 25.3 Å². The second kappa shape index (κ2) is 5.54. The molecule has 3 N–H and O–H groups in total. The molecule has 0 amide bonds. The van der Waals surface area contributed by atoms with E-state index in [1.807, 2.05) is 6.92 Å². The van der Waals surface area contributed by atoms with E-state index in [1.165, 1.54) is 10.5 Å². The Balaban J connectivity index is 2.41. The predicted molar refractivity (Wildman–Crippen MR) is 79.0 cm³/mol. The van der Waals surface area contributed by atoms with Crippen LogP contribution >= 0.6 is 0 Å². The van der Waals surface area contributed by atoms with Crippen LogP contribution in [0.2, 0.25) is 0 Å². The van der Waals surface area contributed by atoms with Crippen LogP contribution in [0, 0.1) is 0 Å². The van der Waals surface area contributed by atoms with Crippen LogP contribution in [-0.2, 0) is 16.4 Å². The molecule has 0 fully saturated rings. The topological polar surface area (TPSA) is 92.1 Å². The molecule has 0 unspecified atom stereocenters. The molecule has 0 bridgehead atoms. The summed E-state index contributed by atoms with van der Waals surface area (Å²) in [7, 11) is -3.63. The zero-order chi connectivity index (χ0) is 14.8. The highest BCUT2D eigenvalue weighted by Crippen LogP contribution is 2.23. The molecule has 7 heteroatoms. The number of nitrogens with two attached hydrogens (primary N) is 1. The number of imidazole rings is 1. The first kappa shape index (κ1) is 14.4. The smallest absolute Gasteiger partial charge is 0.281 e. The van der Waals surface area contributed by atoms with Crippen molar-refractivity contribution in [3.8, 4) is 0 Å². The largest absolute Gasteiger partial charge is 0.399 e. The highest BCUT2D eigenvalue weighted by atomic mass is 32.2. The quantitative estimate of drug-likeness (QED) is 0.822. The molecular weight excluding hydrogens is 276 g/mol. The van der Waals surface area contributed by atoms with Gasteiger partial charge in [-0.15, -0.1) is 0 Å². The number of sulfonamides is 1. The standard InChI is InChI=1S/C13H18N4O2S/c1-3-12-15-9-13(16-12)20(18,19)17(4-2)11-7-5-10(14)6-8-11/h5-9H,3-4,14H2,1-2H3,(H,15,16). The van der Waals surface area contributed by atoms with E-state index in [-0.39, 0.29) is 5.03 Å². The first-order valence-electron chi connectivity index (χ1n) is 6.41. The van der Waals surface area contributed by atoms with Gasteiger partial charge >= 0.3 is 0 Å². The monoisotopic (exact) mass is 294 g/mol. The van der Waals surface area contributed by atoms with Crippen molar-refractivity contribution in [3.63, 3.8) is 0 Å². The minimum absolute atomic E-state index is 0.105. The molecule has 108 valence electrons. The Morgan fingerprint density at radius 1 is 1.25 bits per heavy atom. The molecule has 0 atom stereocenters. The zero-order valence-electron chi connectivity index (χ0n) is 11.5. The van der Waals surface area contributed by atoms with Crippen LogP contribution in [0.4, 0.5) is 11.4 Å². The molecule has 0 aliphatic heterocycles. The number of nitrogens with zero attached hydrogens (tertiary/aromatic N) is 2. The number of aromatic nitrogens is 2. The van der Waals surface area contributed by atoms with Gasteiger partial charge in [-0.05, 0) is 31.2 Å². The van der Waals surface area contributed by atoms with E-state index in [0.29, 0.717) is 30.2 Å². The number of nitrogens with one attached hydrogen (secondary N) is 1. The lowest BCUT2D eigenvalue weighted by atomic mass is 10.3. The van der Waals surface area contributed by atoms with Gasteiger partial charge in [0.15, 0.2) is 5.03 Å². The van der Waals surface area contributed by atoms with E-state index in [4.69, 9.17) is 5.73 Å². The Kier molecular flexibility index (Phi) is 3.99. The summed E-state index contributed by atoms with van der Waals surface area (Å²) in [6.07, 6.45) is 2.01. The second-order valence-corrected chi connectivity index (χ2v) is 6.14. The number of hydrogen-bond donors (Lipinski definition) is 2. The third kappa shape index (κ3) is 2.62. The van der Waals surface area contributed by atoms with Crippen LogP contribution in [0.1, 0.15) is 19.7 Å². The molecule has 0 aliphatic rings. The van der Waals surface area contributed by atoms with Gasteiger partial charge < -0.3 is 10.7 Å². The molecule has 1 aromatic carbocycles. The summed E-state index contributed by atoms with van der Waals surface area (Å²) >= 11 is 0. The van der Waals surface area contributed by atoms with Crippen molar-refractivity contribution in [2.75, 3.05) is 16.6 Å². The maximum absolute atomic E-state index is 12.6. The van der Waals surface area contributed by atoms with Gasteiger partial charge in [0, 0.05) is 18.7 Å². The lowest BCUT2D eigenvalue weighted by molar-refractivity contribution is 0.588. The normalized spacial score (nSPS) is 11.5. The lowest BCUT2D eigenvalue weighted by Crippen LogP contribution is -2.31. The Bertz CT molecular complexity index is 677. The maximum Gasteiger partial charge on any atom is 0.281 e. The van der Waals surface area contributed by atoms with E-state index in [0.717, 1.165) is 0 Å². The van der Waals surface area contributed by atoms with Gasteiger partial charge in [-0.3, -0.25) is 4.31 Å². The summed E-state index contributed by atoms with van der Waals surface area (Å²) in [5.74, 6) is 0.650. The average Bonchev–Trinajstić information content (AvgIpc) is 2.91. The summed E-state index contributed by atoms with van der Waals surface area (Å²) in [6.45, 7) is 4.02. The Labute approximate surface area is 118 Å². The fourth-order valence-corrected chi connectivity index (χ4v) is 3.31. The van der Waals surface area contributed by atoms with E-state index in [1.54, 1.807) is 31.2 Å². The Morgan fingerprint density at radius 3 is 2.40 bits per heavy atom. The van der Waals surface area contributed by atoms with Crippen molar-refractivity contribution in [2.24, 2.45) is 0 Å². The van der Waals surface area contributed by atoms with Crippen LogP contribution in [0.3, 0.4) is 0 Å². The summed E-state index contributed by atoms with van der Waals surface area (Å²) in [5, 5.41) is 0.105. The molecule has 0 aliphatic carbocycles. The highest BCUT2D eigenvalue weighted by molar-refractivity contribution is 7.92. The van der Waals surface area contributed by atoms with Crippen LogP contribution in [-0.4, -0.2) is 24.9 Å². The third-order valence-electron chi connectivity index (χ3n) is 2.98. The number of nitrogen functional groups attached to an aromatic ring is 1. The molecule has 6 nitrogen and oxygen atoms in total. The number of H-pyrrole nitrogens is 1. The number of rotatable bonds is 5. The van der Waals surface area contributed by atoms with Gasteiger partial charge in [-0.25, -0.2) is 4.98 Å². The van der Waals surface area contributed by atoms with Crippen LogP contribution < -0.4 is 10.0 Å². The minimum atomic E-state index is -3.63. The maximum atomic E-state index is 12.6. The van der Waals surface area contributed by atoms with E-state index in [9.17, 15) is 8.42 Å². The molecule has 1 aromatic heterocycles. The van der Waals surface area contributed by atoms with Crippen LogP contribution in [0.15, 0.2) is 35.5 Å². The summed E-state index contributed by atoms with van der Waals surface area (Å²) in [4.78, 5) is 6.88. The highest BCUT2D eigenvalue weighted by Gasteiger charge is 2.25. The van der Waals surface area contributed by atoms with Crippen molar-refractivity contribution in [3.05, 3.63) is 36.3 Å².